The van der Waals surface area contributed by atoms with Gasteiger partial charge in [0.2, 0.25) is 6.79 Å². The van der Waals surface area contributed by atoms with Crippen LogP contribution in [-0.2, 0) is 22.4 Å². The zero-order valence-corrected chi connectivity index (χ0v) is 18.8. The molecule has 0 radical (unpaired) electrons. The maximum atomic E-state index is 12.1. The van der Waals surface area contributed by atoms with Crippen molar-refractivity contribution in [3.63, 3.8) is 0 Å². The second-order valence-corrected chi connectivity index (χ2v) is 8.54. The molecule has 7 heteroatoms. The molecule has 3 aromatic rings. The van der Waals surface area contributed by atoms with Crippen LogP contribution in [0.15, 0.2) is 60.7 Å². The van der Waals surface area contributed by atoms with Gasteiger partial charge in [0.25, 0.3) is 0 Å². The topological polar surface area (TPSA) is 94.5 Å². The molecule has 0 fully saturated rings. The van der Waals surface area contributed by atoms with Gasteiger partial charge in [-0.05, 0) is 59.7 Å². The first-order chi connectivity index (χ1) is 16.5. The summed E-state index contributed by atoms with van der Waals surface area (Å²) in [4.78, 5) is 12.1. The number of carboxylic acid groups (broad SMARTS) is 1. The van der Waals surface area contributed by atoms with E-state index in [1.54, 1.807) is 19.2 Å². The third-order valence-electron chi connectivity index (χ3n) is 6.53. The molecule has 1 aliphatic carbocycles. The Bertz CT molecular complexity index is 1210. The van der Waals surface area contributed by atoms with Gasteiger partial charge in [0.1, 0.15) is 11.5 Å². The van der Waals surface area contributed by atoms with Gasteiger partial charge in [0.15, 0.2) is 11.5 Å². The van der Waals surface area contributed by atoms with Gasteiger partial charge >= 0.3 is 5.97 Å². The molecular formula is C27H26O7. The van der Waals surface area contributed by atoms with E-state index in [-0.39, 0.29) is 12.5 Å². The Hall–Kier alpha value is -3.71. The minimum Gasteiger partial charge on any atom is -0.508 e. The molecule has 7 nitrogen and oxygen atoms in total. The van der Waals surface area contributed by atoms with Crippen molar-refractivity contribution in [3.8, 4) is 23.0 Å². The van der Waals surface area contributed by atoms with Crippen LogP contribution in [0.3, 0.4) is 0 Å². The van der Waals surface area contributed by atoms with Crippen LogP contribution in [0.1, 0.15) is 40.9 Å². The third kappa shape index (κ3) is 4.26. The van der Waals surface area contributed by atoms with E-state index in [9.17, 15) is 15.0 Å². The molecule has 0 amide bonds. The normalized spacial score (nSPS) is 19.0. The van der Waals surface area contributed by atoms with Crippen LogP contribution in [0.4, 0.5) is 0 Å². The van der Waals surface area contributed by atoms with Crippen LogP contribution in [0.5, 0.6) is 23.0 Å². The average Bonchev–Trinajstić information content (AvgIpc) is 3.46. The van der Waals surface area contributed by atoms with E-state index in [2.05, 4.69) is 0 Å². The quantitative estimate of drug-likeness (QED) is 0.496. The standard InChI is InChI=1S/C27H26O7/c1-31-19-9-6-16(22(28)14-19)7-10-23(18-8-11-24-25(13-18)33-15-32-24)34-26-20-5-3-2-4-17(20)12-21(26)27(29)30/h2-6,8-9,11,13-14,21,23,26,28H,7,10,12,15H2,1H3,(H,29,30)/t21-,23?,26-/m1/s1. The molecule has 0 saturated heterocycles. The van der Waals surface area contributed by atoms with Crippen LogP contribution in [-0.4, -0.2) is 30.1 Å². The SMILES string of the molecule is COc1ccc(CCC(O[C@@H]2c3ccccc3C[C@H]2C(=O)O)c2ccc3c(c2)OCO3)c(O)c1. The molecule has 0 saturated carbocycles. The average molecular weight is 462 g/mol. The van der Waals surface area contributed by atoms with Gasteiger partial charge in [0, 0.05) is 6.07 Å². The molecule has 3 aromatic carbocycles. The van der Waals surface area contributed by atoms with E-state index in [4.69, 9.17) is 18.9 Å². The lowest BCUT2D eigenvalue weighted by molar-refractivity contribution is -0.149. The molecule has 1 heterocycles. The molecule has 1 unspecified atom stereocenters. The summed E-state index contributed by atoms with van der Waals surface area (Å²) in [5.41, 5.74) is 3.53. The van der Waals surface area contributed by atoms with Crippen LogP contribution >= 0.6 is 0 Å². The molecule has 176 valence electrons. The Balaban J connectivity index is 1.45. The molecule has 2 aliphatic rings. The molecule has 1 aliphatic heterocycles. The van der Waals surface area contributed by atoms with Crippen LogP contribution in [0.2, 0.25) is 0 Å². The number of phenolic OH excluding ortho intramolecular Hbond substituents is 1. The van der Waals surface area contributed by atoms with E-state index in [1.165, 1.54) is 0 Å². The van der Waals surface area contributed by atoms with Gasteiger partial charge in [-0.2, -0.15) is 0 Å². The number of hydrogen-bond donors (Lipinski definition) is 2. The molecule has 0 spiro atoms. The maximum Gasteiger partial charge on any atom is 0.309 e. The first kappa shape index (κ1) is 22.1. The van der Waals surface area contributed by atoms with Gasteiger partial charge in [-0.3, -0.25) is 4.79 Å². The Kier molecular flexibility index (Phi) is 6.02. The Morgan fingerprint density at radius 1 is 1.09 bits per heavy atom. The smallest absolute Gasteiger partial charge is 0.309 e. The summed E-state index contributed by atoms with van der Waals surface area (Å²) < 4.78 is 22.8. The van der Waals surface area contributed by atoms with Gasteiger partial charge in [0.05, 0.1) is 25.2 Å². The summed E-state index contributed by atoms with van der Waals surface area (Å²) in [6, 6.07) is 18.6. The van der Waals surface area contributed by atoms with Crippen molar-refractivity contribution < 1.29 is 34.0 Å². The summed E-state index contributed by atoms with van der Waals surface area (Å²) in [7, 11) is 1.55. The highest BCUT2D eigenvalue weighted by Gasteiger charge is 2.39. The van der Waals surface area contributed by atoms with Gasteiger partial charge in [-0.1, -0.05) is 36.4 Å². The van der Waals surface area contributed by atoms with Crippen molar-refractivity contribution in [1.29, 1.82) is 0 Å². The number of aryl methyl sites for hydroxylation is 1. The molecule has 0 bridgehead atoms. The number of methoxy groups -OCH3 is 1. The van der Waals surface area contributed by atoms with Crippen molar-refractivity contribution in [3.05, 3.63) is 82.9 Å². The molecular weight excluding hydrogens is 436 g/mol. The molecule has 3 atom stereocenters. The monoisotopic (exact) mass is 462 g/mol. The fourth-order valence-corrected chi connectivity index (χ4v) is 4.72. The predicted octanol–water partition coefficient (Wildman–Crippen LogP) is 4.82. The maximum absolute atomic E-state index is 12.1. The lowest BCUT2D eigenvalue weighted by Gasteiger charge is -2.26. The number of carbonyl (C=O) groups is 1. The molecule has 0 aromatic heterocycles. The summed E-state index contributed by atoms with van der Waals surface area (Å²) in [6.07, 6.45) is 0.497. The number of fused-ring (bicyclic) bond motifs is 2. The van der Waals surface area contributed by atoms with Crippen molar-refractivity contribution >= 4 is 5.97 Å². The van der Waals surface area contributed by atoms with Crippen LogP contribution < -0.4 is 14.2 Å². The van der Waals surface area contributed by atoms with Crippen LogP contribution in [0, 0.1) is 5.92 Å². The second kappa shape index (κ2) is 9.27. The van der Waals surface area contributed by atoms with Crippen molar-refractivity contribution in [1.82, 2.24) is 0 Å². The van der Waals surface area contributed by atoms with E-state index in [0.29, 0.717) is 36.5 Å². The highest BCUT2D eigenvalue weighted by atomic mass is 16.7. The fraction of sp³-hybridized carbons (Fsp3) is 0.296. The van der Waals surface area contributed by atoms with Crippen molar-refractivity contribution in [2.45, 2.75) is 31.5 Å². The Morgan fingerprint density at radius 2 is 1.91 bits per heavy atom. The molecule has 34 heavy (non-hydrogen) atoms. The first-order valence-electron chi connectivity index (χ1n) is 11.2. The lowest BCUT2D eigenvalue weighted by atomic mass is 9.98. The largest absolute Gasteiger partial charge is 0.508 e. The number of phenols is 1. The predicted molar refractivity (Wildman–Crippen MR) is 123 cm³/mol. The lowest BCUT2D eigenvalue weighted by Crippen LogP contribution is -2.22. The van der Waals surface area contributed by atoms with Crippen LogP contribution in [0.25, 0.3) is 0 Å². The zero-order valence-electron chi connectivity index (χ0n) is 18.8. The zero-order chi connectivity index (χ0) is 23.7. The minimum atomic E-state index is -0.876. The number of rotatable bonds is 8. The summed E-state index contributed by atoms with van der Waals surface area (Å²) in [5.74, 6) is 0.502. The van der Waals surface area contributed by atoms with Gasteiger partial charge in [-0.15, -0.1) is 0 Å². The third-order valence-corrected chi connectivity index (χ3v) is 6.53. The highest BCUT2D eigenvalue weighted by Crippen LogP contribution is 2.44. The number of benzene rings is 3. The van der Waals surface area contributed by atoms with E-state index in [0.717, 1.165) is 22.3 Å². The second-order valence-electron chi connectivity index (χ2n) is 8.54. The number of hydrogen-bond acceptors (Lipinski definition) is 6. The number of carboxylic acids is 1. The Labute approximate surface area is 197 Å². The summed E-state index contributed by atoms with van der Waals surface area (Å²) >= 11 is 0. The fourth-order valence-electron chi connectivity index (χ4n) is 4.72. The summed E-state index contributed by atoms with van der Waals surface area (Å²) in [6.45, 7) is 0.168. The van der Waals surface area contributed by atoms with Gasteiger partial charge in [-0.25, -0.2) is 0 Å². The molecule has 2 N–H and O–H groups in total. The van der Waals surface area contributed by atoms with Crippen molar-refractivity contribution in [2.24, 2.45) is 5.92 Å². The number of aromatic hydroxyl groups is 1. The minimum absolute atomic E-state index is 0.151. The summed E-state index contributed by atoms with van der Waals surface area (Å²) in [5, 5.41) is 20.3. The number of ether oxygens (including phenoxy) is 4. The molecule has 5 rings (SSSR count). The van der Waals surface area contributed by atoms with E-state index < -0.39 is 24.1 Å². The van der Waals surface area contributed by atoms with Crippen molar-refractivity contribution in [2.75, 3.05) is 13.9 Å². The van der Waals surface area contributed by atoms with Gasteiger partial charge < -0.3 is 29.2 Å². The number of aliphatic carboxylic acids is 1. The highest BCUT2D eigenvalue weighted by molar-refractivity contribution is 5.73. The first-order valence-corrected chi connectivity index (χ1v) is 11.2. The van der Waals surface area contributed by atoms with E-state index >= 15 is 0 Å². The van der Waals surface area contributed by atoms with E-state index in [1.807, 2.05) is 48.5 Å². The Morgan fingerprint density at radius 3 is 2.71 bits per heavy atom.